The van der Waals surface area contributed by atoms with E-state index in [1.807, 2.05) is 0 Å². The summed E-state index contributed by atoms with van der Waals surface area (Å²) in [6, 6.07) is 5.30. The molecule has 3 nitrogen and oxygen atoms in total. The minimum absolute atomic E-state index is 0.0172. The summed E-state index contributed by atoms with van der Waals surface area (Å²) in [4.78, 5) is 12.0. The fourth-order valence-corrected chi connectivity index (χ4v) is 1.79. The first-order valence-electron chi connectivity index (χ1n) is 5.42. The molecule has 94 valence electrons. The molecular weight excluding hydrogens is 284 g/mol. The SMILES string of the molecule is COc1cc(Br)ccc1C(=O)CCC(C)(C)O. The summed E-state index contributed by atoms with van der Waals surface area (Å²) in [5, 5.41) is 9.59. The van der Waals surface area contributed by atoms with Crippen LogP contribution in [0.25, 0.3) is 0 Å². The van der Waals surface area contributed by atoms with Crippen LogP contribution in [0.2, 0.25) is 0 Å². The lowest BCUT2D eigenvalue weighted by Crippen LogP contribution is -2.20. The Morgan fingerprint density at radius 1 is 1.47 bits per heavy atom. The number of Topliss-reactive ketones (excluding diaryl/α,β-unsaturated/α-hetero) is 1. The maximum Gasteiger partial charge on any atom is 0.166 e. The third-order valence-corrected chi connectivity index (χ3v) is 2.92. The second-order valence-electron chi connectivity index (χ2n) is 4.58. The molecule has 4 heteroatoms. The number of methoxy groups -OCH3 is 1. The van der Waals surface area contributed by atoms with Gasteiger partial charge in [0.1, 0.15) is 5.75 Å². The van der Waals surface area contributed by atoms with Crippen molar-refractivity contribution < 1.29 is 14.6 Å². The highest BCUT2D eigenvalue weighted by atomic mass is 79.9. The van der Waals surface area contributed by atoms with Crippen LogP contribution in [0.4, 0.5) is 0 Å². The lowest BCUT2D eigenvalue weighted by molar-refractivity contribution is 0.0632. The minimum atomic E-state index is -0.821. The van der Waals surface area contributed by atoms with Gasteiger partial charge in [-0.15, -0.1) is 0 Å². The maximum absolute atomic E-state index is 12.0. The normalized spacial score (nSPS) is 11.4. The average Bonchev–Trinajstić information content (AvgIpc) is 2.24. The van der Waals surface area contributed by atoms with E-state index < -0.39 is 5.60 Å². The first kappa shape index (κ1) is 14.2. The quantitative estimate of drug-likeness (QED) is 0.850. The zero-order valence-electron chi connectivity index (χ0n) is 10.3. The number of halogens is 1. The number of hydrogen-bond acceptors (Lipinski definition) is 3. The first-order chi connectivity index (χ1) is 7.83. The molecule has 0 aliphatic rings. The van der Waals surface area contributed by atoms with Crippen LogP contribution in [-0.2, 0) is 0 Å². The monoisotopic (exact) mass is 300 g/mol. The highest BCUT2D eigenvalue weighted by Crippen LogP contribution is 2.25. The van der Waals surface area contributed by atoms with Gasteiger partial charge in [-0.05, 0) is 38.5 Å². The molecule has 0 fully saturated rings. The zero-order chi connectivity index (χ0) is 13.1. The largest absolute Gasteiger partial charge is 0.496 e. The van der Waals surface area contributed by atoms with E-state index in [9.17, 15) is 9.90 Å². The predicted octanol–water partition coefficient (Wildman–Crippen LogP) is 3.19. The molecule has 0 saturated carbocycles. The lowest BCUT2D eigenvalue weighted by Gasteiger charge is -2.16. The second kappa shape index (κ2) is 5.65. The Morgan fingerprint density at radius 3 is 2.65 bits per heavy atom. The molecule has 1 N–H and O–H groups in total. The number of carbonyl (C=O) groups excluding carboxylic acids is 1. The molecule has 1 aromatic carbocycles. The highest BCUT2D eigenvalue weighted by molar-refractivity contribution is 9.10. The summed E-state index contributed by atoms with van der Waals surface area (Å²) in [6.45, 7) is 3.39. The van der Waals surface area contributed by atoms with Crippen molar-refractivity contribution in [3.05, 3.63) is 28.2 Å². The number of hydrogen-bond donors (Lipinski definition) is 1. The predicted molar refractivity (Wildman–Crippen MR) is 70.6 cm³/mol. The van der Waals surface area contributed by atoms with Gasteiger partial charge >= 0.3 is 0 Å². The Morgan fingerprint density at radius 2 is 2.12 bits per heavy atom. The molecule has 0 aliphatic carbocycles. The Balaban J connectivity index is 2.82. The molecule has 1 rings (SSSR count). The van der Waals surface area contributed by atoms with Crippen molar-refractivity contribution in [3.8, 4) is 5.75 Å². The van der Waals surface area contributed by atoms with Gasteiger partial charge in [-0.25, -0.2) is 0 Å². The van der Waals surface area contributed by atoms with Crippen molar-refractivity contribution in [2.24, 2.45) is 0 Å². The van der Waals surface area contributed by atoms with Gasteiger partial charge in [0.05, 0.1) is 18.3 Å². The van der Waals surface area contributed by atoms with Crippen LogP contribution in [0.5, 0.6) is 5.75 Å². The van der Waals surface area contributed by atoms with Gasteiger partial charge in [0.15, 0.2) is 5.78 Å². The van der Waals surface area contributed by atoms with E-state index in [1.54, 1.807) is 32.0 Å². The molecule has 0 bridgehead atoms. The van der Waals surface area contributed by atoms with Crippen molar-refractivity contribution >= 4 is 21.7 Å². The Kier molecular flexibility index (Phi) is 4.71. The van der Waals surface area contributed by atoms with Crippen LogP contribution in [0.1, 0.15) is 37.0 Å². The Bertz CT molecular complexity index is 408. The summed E-state index contributed by atoms with van der Waals surface area (Å²) in [6.07, 6.45) is 0.743. The molecule has 1 aromatic rings. The van der Waals surface area contributed by atoms with Crippen molar-refractivity contribution in [2.75, 3.05) is 7.11 Å². The van der Waals surface area contributed by atoms with E-state index in [2.05, 4.69) is 15.9 Å². The number of carbonyl (C=O) groups is 1. The third kappa shape index (κ3) is 4.48. The average molecular weight is 301 g/mol. The fraction of sp³-hybridized carbons (Fsp3) is 0.462. The van der Waals surface area contributed by atoms with Gasteiger partial charge in [0.2, 0.25) is 0 Å². The first-order valence-corrected chi connectivity index (χ1v) is 6.22. The molecule has 0 amide bonds. The molecule has 0 aliphatic heterocycles. The van der Waals surface area contributed by atoms with Gasteiger partial charge in [0.25, 0.3) is 0 Å². The summed E-state index contributed by atoms with van der Waals surface area (Å²) in [7, 11) is 1.54. The van der Waals surface area contributed by atoms with Crippen LogP contribution in [0, 0.1) is 0 Å². The molecule has 0 radical (unpaired) electrons. The summed E-state index contributed by atoms with van der Waals surface area (Å²) < 4.78 is 6.03. The number of ether oxygens (including phenoxy) is 1. The van der Waals surface area contributed by atoms with Gasteiger partial charge in [-0.2, -0.15) is 0 Å². The standard InChI is InChI=1S/C13H17BrO3/c1-13(2,16)7-6-11(15)10-5-4-9(14)8-12(10)17-3/h4-5,8,16H,6-7H2,1-3H3. The second-order valence-corrected chi connectivity index (χ2v) is 5.50. The van der Waals surface area contributed by atoms with Crippen molar-refractivity contribution in [3.63, 3.8) is 0 Å². The summed E-state index contributed by atoms with van der Waals surface area (Å²) in [5.74, 6) is 0.539. The molecule has 0 unspecified atom stereocenters. The van der Waals surface area contributed by atoms with Crippen molar-refractivity contribution in [1.82, 2.24) is 0 Å². The van der Waals surface area contributed by atoms with Crippen molar-refractivity contribution in [1.29, 1.82) is 0 Å². The van der Waals surface area contributed by atoms with Crippen LogP contribution in [-0.4, -0.2) is 23.6 Å². The molecule has 0 aromatic heterocycles. The zero-order valence-corrected chi connectivity index (χ0v) is 11.9. The molecule has 0 atom stereocenters. The molecule has 0 heterocycles. The number of ketones is 1. The van der Waals surface area contributed by atoms with Crippen LogP contribution in [0.3, 0.4) is 0 Å². The van der Waals surface area contributed by atoms with Gasteiger partial charge < -0.3 is 9.84 Å². The van der Waals surface area contributed by atoms with Crippen LogP contribution >= 0.6 is 15.9 Å². The van der Waals surface area contributed by atoms with E-state index in [4.69, 9.17) is 4.74 Å². The van der Waals surface area contributed by atoms with Crippen molar-refractivity contribution in [2.45, 2.75) is 32.3 Å². The Labute approximate surface area is 110 Å². The summed E-state index contributed by atoms with van der Waals surface area (Å²) >= 11 is 3.33. The molecular formula is C13H17BrO3. The van der Waals surface area contributed by atoms with E-state index in [-0.39, 0.29) is 5.78 Å². The van der Waals surface area contributed by atoms with E-state index in [0.29, 0.717) is 24.2 Å². The molecule has 0 spiro atoms. The number of benzene rings is 1. The molecule has 17 heavy (non-hydrogen) atoms. The van der Waals surface area contributed by atoms with Crippen LogP contribution < -0.4 is 4.74 Å². The van der Waals surface area contributed by atoms with Crippen LogP contribution in [0.15, 0.2) is 22.7 Å². The number of rotatable bonds is 5. The Hall–Kier alpha value is -0.870. The fourth-order valence-electron chi connectivity index (χ4n) is 1.45. The summed E-state index contributed by atoms with van der Waals surface area (Å²) in [5.41, 5.74) is -0.266. The van der Waals surface area contributed by atoms with E-state index >= 15 is 0 Å². The highest BCUT2D eigenvalue weighted by Gasteiger charge is 2.18. The smallest absolute Gasteiger partial charge is 0.166 e. The van der Waals surface area contributed by atoms with E-state index in [1.165, 1.54) is 7.11 Å². The maximum atomic E-state index is 12.0. The molecule has 0 saturated heterocycles. The van der Waals surface area contributed by atoms with E-state index in [0.717, 1.165) is 4.47 Å². The lowest BCUT2D eigenvalue weighted by atomic mass is 9.98. The van der Waals surface area contributed by atoms with Gasteiger partial charge in [0, 0.05) is 10.9 Å². The third-order valence-electron chi connectivity index (χ3n) is 2.43. The minimum Gasteiger partial charge on any atom is -0.496 e. The topological polar surface area (TPSA) is 46.5 Å². The van der Waals surface area contributed by atoms with Gasteiger partial charge in [-0.3, -0.25) is 4.79 Å². The number of aliphatic hydroxyl groups is 1. The van der Waals surface area contributed by atoms with Gasteiger partial charge in [-0.1, -0.05) is 15.9 Å².